The molecule has 4 rings (SSSR count). The van der Waals surface area contributed by atoms with Crippen molar-refractivity contribution in [2.75, 3.05) is 31.1 Å². The van der Waals surface area contributed by atoms with E-state index in [4.69, 9.17) is 4.74 Å². The van der Waals surface area contributed by atoms with Crippen molar-refractivity contribution in [1.82, 2.24) is 5.32 Å². The lowest BCUT2D eigenvalue weighted by molar-refractivity contribution is -0.129. The standard InChI is InChI=1S/C23H24N2O2/c26-23-17-27-21(16-25(23)20-10-2-1-3-11-20)15-24-14-13-19-9-6-8-18-7-4-5-12-22(18)19/h1-12,21,24H,13-17H2. The maximum Gasteiger partial charge on any atom is 0.253 e. The van der Waals surface area contributed by atoms with Crippen molar-refractivity contribution >= 4 is 22.4 Å². The number of amides is 1. The molecule has 1 aliphatic heterocycles. The van der Waals surface area contributed by atoms with Crippen LogP contribution in [0.1, 0.15) is 5.56 Å². The van der Waals surface area contributed by atoms with Gasteiger partial charge >= 0.3 is 0 Å². The van der Waals surface area contributed by atoms with Crippen molar-refractivity contribution < 1.29 is 9.53 Å². The van der Waals surface area contributed by atoms with Gasteiger partial charge in [-0.05, 0) is 41.4 Å². The Balaban J connectivity index is 1.31. The Hall–Kier alpha value is -2.69. The minimum atomic E-state index is 0.00965. The number of nitrogens with zero attached hydrogens (tertiary/aromatic N) is 1. The molecule has 1 amide bonds. The van der Waals surface area contributed by atoms with E-state index in [1.807, 2.05) is 35.2 Å². The van der Waals surface area contributed by atoms with Crippen LogP contribution >= 0.6 is 0 Å². The van der Waals surface area contributed by atoms with Crippen molar-refractivity contribution in [1.29, 1.82) is 0 Å². The molecule has 0 aliphatic carbocycles. The first-order valence-electron chi connectivity index (χ1n) is 9.45. The highest BCUT2D eigenvalue weighted by atomic mass is 16.5. The molecule has 1 unspecified atom stereocenters. The Morgan fingerprint density at radius 1 is 0.963 bits per heavy atom. The molecular formula is C23H24N2O2. The number of ether oxygens (including phenoxy) is 1. The number of carbonyl (C=O) groups is 1. The van der Waals surface area contributed by atoms with E-state index in [0.717, 1.165) is 25.2 Å². The molecule has 4 nitrogen and oxygen atoms in total. The topological polar surface area (TPSA) is 41.6 Å². The first-order chi connectivity index (χ1) is 13.3. The van der Waals surface area contributed by atoms with Gasteiger partial charge in [-0.25, -0.2) is 0 Å². The number of morpholine rings is 1. The molecule has 3 aromatic carbocycles. The van der Waals surface area contributed by atoms with Crippen molar-refractivity contribution in [2.45, 2.75) is 12.5 Å². The van der Waals surface area contributed by atoms with Crippen LogP contribution in [-0.4, -0.2) is 38.3 Å². The predicted molar refractivity (Wildman–Crippen MR) is 109 cm³/mol. The van der Waals surface area contributed by atoms with Gasteiger partial charge in [-0.2, -0.15) is 0 Å². The van der Waals surface area contributed by atoms with Crippen LogP contribution in [0.4, 0.5) is 5.69 Å². The number of rotatable bonds is 6. The van der Waals surface area contributed by atoms with Crippen LogP contribution in [0.25, 0.3) is 10.8 Å². The third-order valence-corrected chi connectivity index (χ3v) is 5.02. The van der Waals surface area contributed by atoms with Crippen LogP contribution in [0.5, 0.6) is 0 Å². The van der Waals surface area contributed by atoms with E-state index in [-0.39, 0.29) is 18.6 Å². The zero-order valence-electron chi connectivity index (χ0n) is 15.3. The fourth-order valence-corrected chi connectivity index (χ4v) is 3.60. The van der Waals surface area contributed by atoms with E-state index in [9.17, 15) is 4.79 Å². The van der Waals surface area contributed by atoms with Gasteiger partial charge in [0.1, 0.15) is 6.61 Å². The van der Waals surface area contributed by atoms with Crippen LogP contribution in [0.2, 0.25) is 0 Å². The Morgan fingerprint density at radius 2 is 1.74 bits per heavy atom. The van der Waals surface area contributed by atoms with E-state index in [1.165, 1.54) is 16.3 Å². The summed E-state index contributed by atoms with van der Waals surface area (Å²) in [6, 6.07) is 24.7. The number of hydrogen-bond donors (Lipinski definition) is 1. The van der Waals surface area contributed by atoms with E-state index in [0.29, 0.717) is 6.54 Å². The number of benzene rings is 3. The number of para-hydroxylation sites is 1. The van der Waals surface area contributed by atoms with Crippen molar-refractivity contribution in [2.24, 2.45) is 0 Å². The summed E-state index contributed by atoms with van der Waals surface area (Å²) >= 11 is 0. The van der Waals surface area contributed by atoms with Crippen LogP contribution in [0.15, 0.2) is 72.8 Å². The van der Waals surface area contributed by atoms with E-state index in [1.54, 1.807) is 0 Å². The van der Waals surface area contributed by atoms with Crippen LogP contribution in [0.3, 0.4) is 0 Å². The summed E-state index contributed by atoms with van der Waals surface area (Å²) in [6.07, 6.45) is 0.977. The van der Waals surface area contributed by atoms with Crippen molar-refractivity contribution in [3.63, 3.8) is 0 Å². The second-order valence-corrected chi connectivity index (χ2v) is 6.87. The third-order valence-electron chi connectivity index (χ3n) is 5.02. The Labute approximate surface area is 159 Å². The lowest BCUT2D eigenvalue weighted by Gasteiger charge is -2.33. The fraction of sp³-hybridized carbons (Fsp3) is 0.261. The summed E-state index contributed by atoms with van der Waals surface area (Å²) in [5.41, 5.74) is 2.29. The van der Waals surface area contributed by atoms with Gasteiger partial charge in [0.2, 0.25) is 0 Å². The molecule has 138 valence electrons. The average molecular weight is 360 g/mol. The molecule has 1 atom stereocenters. The lowest BCUT2D eigenvalue weighted by atomic mass is 10.0. The molecule has 1 N–H and O–H groups in total. The van der Waals surface area contributed by atoms with Crippen molar-refractivity contribution in [3.05, 3.63) is 78.4 Å². The first kappa shape index (κ1) is 17.7. The van der Waals surface area contributed by atoms with Gasteiger partial charge in [0, 0.05) is 12.2 Å². The number of hydrogen-bond acceptors (Lipinski definition) is 3. The van der Waals surface area contributed by atoms with Crippen molar-refractivity contribution in [3.8, 4) is 0 Å². The molecule has 0 saturated carbocycles. The summed E-state index contributed by atoms with van der Waals surface area (Å²) in [6.45, 7) is 2.35. The Kier molecular flexibility index (Phi) is 5.47. The molecule has 0 aromatic heterocycles. The van der Waals surface area contributed by atoms with Crippen LogP contribution in [0, 0.1) is 0 Å². The van der Waals surface area contributed by atoms with Crippen LogP contribution in [-0.2, 0) is 16.0 Å². The minimum Gasteiger partial charge on any atom is -0.365 e. The number of nitrogens with one attached hydrogen (secondary N) is 1. The smallest absolute Gasteiger partial charge is 0.253 e. The van der Waals surface area contributed by atoms with Gasteiger partial charge in [-0.3, -0.25) is 4.79 Å². The Morgan fingerprint density at radius 3 is 2.63 bits per heavy atom. The molecule has 0 spiro atoms. The highest BCUT2D eigenvalue weighted by Gasteiger charge is 2.26. The number of carbonyl (C=O) groups excluding carboxylic acids is 1. The van der Waals surface area contributed by atoms with Gasteiger partial charge in [0.15, 0.2) is 0 Å². The molecule has 4 heteroatoms. The second kappa shape index (κ2) is 8.33. The third kappa shape index (κ3) is 4.18. The highest BCUT2D eigenvalue weighted by molar-refractivity contribution is 5.94. The molecule has 1 fully saturated rings. The van der Waals surface area contributed by atoms with Gasteiger partial charge in [0.25, 0.3) is 5.91 Å². The molecule has 1 saturated heterocycles. The predicted octanol–water partition coefficient (Wildman–Crippen LogP) is 3.40. The largest absolute Gasteiger partial charge is 0.365 e. The van der Waals surface area contributed by atoms with Gasteiger partial charge in [-0.15, -0.1) is 0 Å². The molecule has 27 heavy (non-hydrogen) atoms. The summed E-state index contributed by atoms with van der Waals surface area (Å²) < 4.78 is 5.71. The molecule has 0 radical (unpaired) electrons. The van der Waals surface area contributed by atoms with E-state index >= 15 is 0 Å². The lowest BCUT2D eigenvalue weighted by Crippen LogP contribution is -2.50. The Bertz CT molecular complexity index is 905. The zero-order valence-corrected chi connectivity index (χ0v) is 15.3. The maximum atomic E-state index is 12.2. The quantitative estimate of drug-likeness (QED) is 0.685. The summed E-state index contributed by atoms with van der Waals surface area (Å²) in [7, 11) is 0. The van der Waals surface area contributed by atoms with E-state index < -0.39 is 0 Å². The SMILES string of the molecule is O=C1COC(CNCCc2cccc3ccccc23)CN1c1ccccc1. The maximum absolute atomic E-state index is 12.2. The number of fused-ring (bicyclic) bond motifs is 1. The summed E-state index contributed by atoms with van der Waals surface area (Å²) in [5.74, 6) is 0.0215. The average Bonchev–Trinajstić information content (AvgIpc) is 2.73. The zero-order chi connectivity index (χ0) is 18.5. The van der Waals surface area contributed by atoms with Gasteiger partial charge in [0.05, 0.1) is 12.6 Å². The van der Waals surface area contributed by atoms with E-state index in [2.05, 4.69) is 47.8 Å². The number of anilines is 1. The monoisotopic (exact) mass is 360 g/mol. The molecule has 1 heterocycles. The summed E-state index contributed by atoms with van der Waals surface area (Å²) in [5, 5.41) is 6.09. The first-order valence-corrected chi connectivity index (χ1v) is 9.45. The normalized spacial score (nSPS) is 17.4. The molecule has 3 aromatic rings. The highest BCUT2D eigenvalue weighted by Crippen LogP contribution is 2.19. The molecular weight excluding hydrogens is 336 g/mol. The second-order valence-electron chi connectivity index (χ2n) is 6.87. The minimum absolute atomic E-state index is 0.00965. The fourth-order valence-electron chi connectivity index (χ4n) is 3.60. The van der Waals surface area contributed by atoms with Gasteiger partial charge in [-0.1, -0.05) is 60.7 Å². The van der Waals surface area contributed by atoms with Gasteiger partial charge < -0.3 is 15.0 Å². The van der Waals surface area contributed by atoms with Crippen LogP contribution < -0.4 is 10.2 Å². The summed E-state index contributed by atoms with van der Waals surface area (Å²) in [4.78, 5) is 14.0. The molecule has 0 bridgehead atoms. The molecule has 1 aliphatic rings.